The van der Waals surface area contributed by atoms with Crippen LogP contribution >= 0.6 is 0 Å². The van der Waals surface area contributed by atoms with Gasteiger partial charge in [0.15, 0.2) is 0 Å². The molecular formula is C14H16F3N3O4. The third kappa shape index (κ3) is 4.59. The van der Waals surface area contributed by atoms with Gasteiger partial charge in [0.2, 0.25) is 0 Å². The first-order valence-corrected chi connectivity index (χ1v) is 6.93. The zero-order valence-electron chi connectivity index (χ0n) is 12.7. The molecule has 1 atom stereocenters. The molecule has 0 spiro atoms. The van der Waals surface area contributed by atoms with E-state index in [1.54, 1.807) is 0 Å². The topological polar surface area (TPSA) is 92.2 Å². The summed E-state index contributed by atoms with van der Waals surface area (Å²) in [4.78, 5) is 10.9. The lowest BCUT2D eigenvalue weighted by molar-refractivity contribution is -0.137. The van der Waals surface area contributed by atoms with Crippen molar-refractivity contribution in [2.24, 2.45) is 5.10 Å². The number of rotatable bonds is 6. The van der Waals surface area contributed by atoms with Crippen LogP contribution in [0.25, 0.3) is 0 Å². The Morgan fingerprint density at radius 3 is 2.83 bits per heavy atom. The van der Waals surface area contributed by atoms with Crippen molar-refractivity contribution >= 4 is 17.5 Å². The highest BCUT2D eigenvalue weighted by Gasteiger charge is 2.34. The molecule has 0 bridgehead atoms. The van der Waals surface area contributed by atoms with Crippen molar-refractivity contribution in [3.63, 3.8) is 0 Å². The average molecular weight is 347 g/mol. The van der Waals surface area contributed by atoms with E-state index in [2.05, 4.69) is 15.2 Å². The van der Waals surface area contributed by atoms with Gasteiger partial charge in [0.25, 0.3) is 0 Å². The molecule has 0 unspecified atom stereocenters. The molecule has 2 rings (SSSR count). The van der Waals surface area contributed by atoms with Gasteiger partial charge in [-0.25, -0.2) is 10.2 Å². The number of benzene rings is 1. The van der Waals surface area contributed by atoms with Crippen LogP contribution in [-0.2, 0) is 15.7 Å². The van der Waals surface area contributed by atoms with E-state index in [9.17, 15) is 23.1 Å². The van der Waals surface area contributed by atoms with Crippen molar-refractivity contribution in [1.82, 2.24) is 5.43 Å². The monoisotopic (exact) mass is 347 g/mol. The first-order valence-electron chi connectivity index (χ1n) is 6.93. The summed E-state index contributed by atoms with van der Waals surface area (Å²) in [6, 6.07) is 3.56. The molecule has 132 valence electrons. The normalized spacial score (nSPS) is 16.0. The number of amides is 1. The minimum absolute atomic E-state index is 0.000275. The minimum Gasteiger partial charge on any atom is -0.442 e. The summed E-state index contributed by atoms with van der Waals surface area (Å²) < 4.78 is 49.2. The predicted octanol–water partition coefficient (Wildman–Crippen LogP) is 1.57. The summed E-state index contributed by atoms with van der Waals surface area (Å²) in [5.41, 5.74) is 1.29. The highest BCUT2D eigenvalue weighted by molar-refractivity contribution is 6.04. The number of anilines is 1. The van der Waals surface area contributed by atoms with Crippen molar-refractivity contribution < 1.29 is 32.5 Å². The van der Waals surface area contributed by atoms with Crippen LogP contribution in [0.4, 0.5) is 23.7 Å². The quantitative estimate of drug-likeness (QED) is 0.726. The molecule has 0 aliphatic carbocycles. The van der Waals surface area contributed by atoms with E-state index in [-0.39, 0.29) is 36.7 Å². The molecule has 10 heteroatoms. The Balaban J connectivity index is 2.24. The van der Waals surface area contributed by atoms with Gasteiger partial charge in [-0.05, 0) is 12.1 Å². The number of methoxy groups -OCH3 is 1. The molecule has 1 amide bonds. The number of nitrogens with zero attached hydrogens (tertiary/aromatic N) is 1. The molecular weight excluding hydrogens is 331 g/mol. The SMILES string of the molecule is COC[C@H](O)CNc1ccc(C2=NNC(=O)OC2)cc1C(F)(F)F. The number of alkyl halides is 3. The summed E-state index contributed by atoms with van der Waals surface area (Å²) in [6.07, 6.45) is -6.31. The highest BCUT2D eigenvalue weighted by atomic mass is 19.4. The van der Waals surface area contributed by atoms with E-state index < -0.39 is 23.9 Å². The fourth-order valence-electron chi connectivity index (χ4n) is 2.05. The highest BCUT2D eigenvalue weighted by Crippen LogP contribution is 2.35. The van der Waals surface area contributed by atoms with E-state index in [0.29, 0.717) is 0 Å². The molecule has 0 fully saturated rings. The third-order valence-electron chi connectivity index (χ3n) is 3.17. The van der Waals surface area contributed by atoms with Crippen LogP contribution in [0.2, 0.25) is 0 Å². The molecule has 1 aliphatic heterocycles. The number of hydrazone groups is 1. The Kier molecular flexibility index (Phi) is 5.62. The maximum absolute atomic E-state index is 13.3. The van der Waals surface area contributed by atoms with Gasteiger partial charge >= 0.3 is 12.3 Å². The Hall–Kier alpha value is -2.33. The summed E-state index contributed by atoms with van der Waals surface area (Å²) in [6.45, 7) is -0.320. The Morgan fingerprint density at radius 2 is 2.25 bits per heavy atom. The molecule has 0 saturated carbocycles. The fraction of sp³-hybridized carbons (Fsp3) is 0.429. The largest absolute Gasteiger partial charge is 0.442 e. The maximum atomic E-state index is 13.3. The number of hydrogen-bond acceptors (Lipinski definition) is 6. The van der Waals surface area contributed by atoms with E-state index in [1.807, 2.05) is 5.43 Å². The van der Waals surface area contributed by atoms with Crippen molar-refractivity contribution in [2.75, 3.05) is 32.2 Å². The number of cyclic esters (lactones) is 1. The van der Waals surface area contributed by atoms with Gasteiger partial charge < -0.3 is 19.9 Å². The van der Waals surface area contributed by atoms with Crippen molar-refractivity contribution in [1.29, 1.82) is 0 Å². The molecule has 0 aromatic heterocycles. The smallest absolute Gasteiger partial charge is 0.428 e. The van der Waals surface area contributed by atoms with Crippen LogP contribution in [0.5, 0.6) is 0 Å². The number of carbonyl (C=O) groups is 1. The Labute approximate surface area is 135 Å². The van der Waals surface area contributed by atoms with Crippen molar-refractivity contribution in [3.8, 4) is 0 Å². The molecule has 7 nitrogen and oxygen atoms in total. The first-order chi connectivity index (χ1) is 11.3. The van der Waals surface area contributed by atoms with E-state index in [0.717, 1.165) is 6.07 Å². The summed E-state index contributed by atoms with van der Waals surface area (Å²) in [7, 11) is 1.38. The van der Waals surface area contributed by atoms with Crippen LogP contribution < -0.4 is 10.7 Å². The molecule has 3 N–H and O–H groups in total. The predicted molar refractivity (Wildman–Crippen MR) is 78.8 cm³/mol. The van der Waals surface area contributed by atoms with Crippen LogP contribution in [0.15, 0.2) is 23.3 Å². The lowest BCUT2D eigenvalue weighted by Crippen LogP contribution is -2.31. The van der Waals surface area contributed by atoms with E-state index >= 15 is 0 Å². The number of halogens is 3. The van der Waals surface area contributed by atoms with Crippen molar-refractivity contribution in [3.05, 3.63) is 29.3 Å². The van der Waals surface area contributed by atoms with Gasteiger partial charge in [0.05, 0.1) is 18.3 Å². The molecule has 24 heavy (non-hydrogen) atoms. The molecule has 0 radical (unpaired) electrons. The lowest BCUT2D eigenvalue weighted by atomic mass is 10.0. The molecule has 1 aromatic rings. The lowest BCUT2D eigenvalue weighted by Gasteiger charge is -2.19. The van der Waals surface area contributed by atoms with Gasteiger partial charge in [-0.1, -0.05) is 6.07 Å². The van der Waals surface area contributed by atoms with Gasteiger partial charge in [-0.3, -0.25) is 0 Å². The third-order valence-corrected chi connectivity index (χ3v) is 3.17. The van der Waals surface area contributed by atoms with Gasteiger partial charge in [-0.15, -0.1) is 0 Å². The number of aliphatic hydroxyl groups is 1. The number of aliphatic hydroxyl groups excluding tert-OH is 1. The van der Waals surface area contributed by atoms with Gasteiger partial charge in [0, 0.05) is 24.9 Å². The second kappa shape index (κ2) is 7.49. The van der Waals surface area contributed by atoms with Gasteiger partial charge in [0.1, 0.15) is 12.3 Å². The molecule has 1 aromatic carbocycles. The minimum atomic E-state index is -4.61. The molecule has 1 heterocycles. The van der Waals surface area contributed by atoms with Crippen LogP contribution in [0, 0.1) is 0 Å². The average Bonchev–Trinajstić information content (AvgIpc) is 2.53. The molecule has 0 saturated heterocycles. The zero-order chi connectivity index (χ0) is 17.7. The number of ether oxygens (including phenoxy) is 2. The van der Waals surface area contributed by atoms with Crippen molar-refractivity contribution in [2.45, 2.75) is 12.3 Å². The van der Waals surface area contributed by atoms with Crippen LogP contribution in [0.3, 0.4) is 0 Å². The second-order valence-corrected chi connectivity index (χ2v) is 4.99. The zero-order valence-corrected chi connectivity index (χ0v) is 12.7. The number of carbonyl (C=O) groups excluding carboxylic acids is 1. The standard InChI is InChI=1S/C14H16F3N3O4/c1-23-6-9(21)5-18-11-3-2-8(4-10(11)14(15,16)17)12-7-24-13(22)20-19-12/h2-4,9,18,21H,5-7H2,1H3,(H,20,22)/t9-/m1/s1. The van der Waals surface area contributed by atoms with E-state index in [1.165, 1.54) is 19.2 Å². The number of hydrogen-bond donors (Lipinski definition) is 3. The number of nitrogens with one attached hydrogen (secondary N) is 2. The maximum Gasteiger partial charge on any atom is 0.428 e. The van der Waals surface area contributed by atoms with Crippen LogP contribution in [-0.4, -0.2) is 49.9 Å². The Bertz CT molecular complexity index is 634. The Morgan fingerprint density at radius 1 is 1.50 bits per heavy atom. The first kappa shape index (κ1) is 18.0. The summed E-state index contributed by atoms with van der Waals surface area (Å²) >= 11 is 0. The fourth-order valence-corrected chi connectivity index (χ4v) is 2.05. The summed E-state index contributed by atoms with van der Waals surface area (Å²) in [5.74, 6) is 0. The van der Waals surface area contributed by atoms with Crippen LogP contribution in [0.1, 0.15) is 11.1 Å². The molecule has 1 aliphatic rings. The second-order valence-electron chi connectivity index (χ2n) is 4.99. The van der Waals surface area contributed by atoms with Gasteiger partial charge in [-0.2, -0.15) is 18.3 Å². The summed E-state index contributed by atoms with van der Waals surface area (Å²) in [5, 5.41) is 15.8. The van der Waals surface area contributed by atoms with E-state index in [4.69, 9.17) is 4.74 Å².